The van der Waals surface area contributed by atoms with Crippen LogP contribution in [0.5, 0.6) is 0 Å². The van der Waals surface area contributed by atoms with Crippen LogP contribution >= 0.6 is 22.9 Å². The number of hydrogen-bond donors (Lipinski definition) is 1. The molecule has 0 aliphatic rings. The van der Waals surface area contributed by atoms with Gasteiger partial charge in [-0.3, -0.25) is 0 Å². The maximum absolute atomic E-state index is 11.6. The van der Waals surface area contributed by atoms with Crippen LogP contribution in [0.1, 0.15) is 16.5 Å². The van der Waals surface area contributed by atoms with Gasteiger partial charge in [0.1, 0.15) is 0 Å². The van der Waals surface area contributed by atoms with Crippen LogP contribution in [0.25, 0.3) is 0 Å². The van der Waals surface area contributed by atoms with Gasteiger partial charge in [-0.2, -0.15) is 0 Å². The van der Waals surface area contributed by atoms with E-state index in [9.17, 15) is 8.42 Å². The second-order valence-corrected chi connectivity index (χ2v) is 8.41. The van der Waals surface area contributed by atoms with Crippen LogP contribution in [0.3, 0.4) is 0 Å². The van der Waals surface area contributed by atoms with Gasteiger partial charge in [0, 0.05) is 23.6 Å². The lowest BCUT2D eigenvalue weighted by molar-refractivity contribution is 0.590. The molecule has 0 bridgehead atoms. The number of benzene rings is 1. The monoisotopic (exact) mass is 329 g/mol. The molecule has 0 saturated heterocycles. The van der Waals surface area contributed by atoms with Crippen LogP contribution in [0, 0.1) is 0 Å². The van der Waals surface area contributed by atoms with Gasteiger partial charge in [-0.1, -0.05) is 23.7 Å². The zero-order valence-corrected chi connectivity index (χ0v) is 13.6. The molecule has 0 fully saturated rings. The summed E-state index contributed by atoms with van der Waals surface area (Å²) < 4.78 is 24.0. The van der Waals surface area contributed by atoms with Crippen molar-refractivity contribution in [3.63, 3.8) is 0 Å². The third kappa shape index (κ3) is 3.82. The molecule has 2 aromatic rings. The summed E-state index contributed by atoms with van der Waals surface area (Å²) in [5.41, 5.74) is 0.958. The highest BCUT2D eigenvalue weighted by molar-refractivity contribution is 7.90. The minimum atomic E-state index is -3.18. The third-order valence-corrected chi connectivity index (χ3v) is 5.43. The molecule has 6 heteroatoms. The fourth-order valence-corrected chi connectivity index (χ4v) is 3.82. The molecule has 2 rings (SSSR count). The lowest BCUT2D eigenvalue weighted by Gasteiger charge is -2.16. The Balaban J connectivity index is 2.28. The maximum atomic E-state index is 11.6. The first-order chi connectivity index (χ1) is 9.40. The molecule has 1 unspecified atom stereocenters. The second-order valence-electron chi connectivity index (χ2n) is 4.60. The van der Waals surface area contributed by atoms with Crippen molar-refractivity contribution in [1.82, 2.24) is 5.32 Å². The van der Waals surface area contributed by atoms with Crippen molar-refractivity contribution in [1.29, 1.82) is 0 Å². The van der Waals surface area contributed by atoms with E-state index in [1.807, 2.05) is 25.2 Å². The summed E-state index contributed by atoms with van der Waals surface area (Å²) in [6.45, 7) is 0. The summed E-state index contributed by atoms with van der Waals surface area (Å²) in [5.74, 6) is 0. The van der Waals surface area contributed by atoms with Crippen LogP contribution in [0.15, 0.2) is 41.3 Å². The Bertz CT molecular complexity index is 695. The van der Waals surface area contributed by atoms with E-state index >= 15 is 0 Å². The number of rotatable bonds is 5. The highest BCUT2D eigenvalue weighted by atomic mass is 35.5. The Morgan fingerprint density at radius 3 is 2.60 bits per heavy atom. The second kappa shape index (κ2) is 6.26. The summed E-state index contributed by atoms with van der Waals surface area (Å²) in [6, 6.07) is 11.0. The normalized spacial score (nSPS) is 13.3. The first kappa shape index (κ1) is 15.5. The van der Waals surface area contributed by atoms with Gasteiger partial charge in [0.15, 0.2) is 9.84 Å². The Morgan fingerprint density at radius 2 is 2.05 bits per heavy atom. The summed E-state index contributed by atoms with van der Waals surface area (Å²) in [7, 11) is -1.31. The van der Waals surface area contributed by atoms with E-state index in [1.165, 1.54) is 11.1 Å². The predicted octanol–water partition coefficient (Wildman–Crippen LogP) is 3.31. The molecule has 1 aromatic carbocycles. The fraction of sp³-hybridized carbons (Fsp3) is 0.286. The van der Waals surface area contributed by atoms with E-state index in [-0.39, 0.29) is 6.04 Å². The molecule has 1 N–H and O–H groups in total. The van der Waals surface area contributed by atoms with Gasteiger partial charge in [0.05, 0.1) is 9.23 Å². The Morgan fingerprint density at radius 1 is 1.30 bits per heavy atom. The molecule has 0 aliphatic heterocycles. The van der Waals surface area contributed by atoms with Crippen LogP contribution in [-0.2, 0) is 16.3 Å². The zero-order valence-electron chi connectivity index (χ0n) is 11.3. The SMILES string of the molecule is CNC(Cc1ccc(Cl)s1)c1cccc(S(C)(=O)=O)c1. The van der Waals surface area contributed by atoms with Gasteiger partial charge in [-0.25, -0.2) is 8.42 Å². The highest BCUT2D eigenvalue weighted by Crippen LogP contribution is 2.27. The smallest absolute Gasteiger partial charge is 0.175 e. The third-order valence-electron chi connectivity index (χ3n) is 3.07. The summed E-state index contributed by atoms with van der Waals surface area (Å²) >= 11 is 7.48. The zero-order chi connectivity index (χ0) is 14.8. The van der Waals surface area contributed by atoms with Crippen molar-refractivity contribution in [3.8, 4) is 0 Å². The summed E-state index contributed by atoms with van der Waals surface area (Å²) in [6.07, 6.45) is 2.00. The average molecular weight is 330 g/mol. The summed E-state index contributed by atoms with van der Waals surface area (Å²) in [5, 5.41) is 3.22. The minimum absolute atomic E-state index is 0.0615. The average Bonchev–Trinajstić information content (AvgIpc) is 2.81. The van der Waals surface area contributed by atoms with Gasteiger partial charge < -0.3 is 5.32 Å². The van der Waals surface area contributed by atoms with Crippen molar-refractivity contribution in [2.75, 3.05) is 13.3 Å². The summed E-state index contributed by atoms with van der Waals surface area (Å²) in [4.78, 5) is 1.51. The molecule has 1 heterocycles. The van der Waals surface area contributed by atoms with Gasteiger partial charge in [-0.05, 0) is 36.9 Å². The highest BCUT2D eigenvalue weighted by Gasteiger charge is 2.14. The Hall–Kier alpha value is -0.880. The number of nitrogens with one attached hydrogen (secondary N) is 1. The molecule has 0 spiro atoms. The standard InChI is InChI=1S/C14H16ClNO2S2/c1-16-13(9-11-6-7-14(15)19-11)10-4-3-5-12(8-10)20(2,17)18/h3-8,13,16H,9H2,1-2H3. The number of likely N-dealkylation sites (N-methyl/N-ethyl adjacent to an activating group) is 1. The molecule has 3 nitrogen and oxygen atoms in total. The molecule has 0 saturated carbocycles. The predicted molar refractivity (Wildman–Crippen MR) is 84.4 cm³/mol. The van der Waals surface area contributed by atoms with Crippen molar-refractivity contribution < 1.29 is 8.42 Å². The van der Waals surface area contributed by atoms with Gasteiger partial charge in [-0.15, -0.1) is 11.3 Å². The van der Waals surface area contributed by atoms with Gasteiger partial charge in [0.2, 0.25) is 0 Å². The quantitative estimate of drug-likeness (QED) is 0.915. The van der Waals surface area contributed by atoms with Crippen molar-refractivity contribution >= 4 is 32.8 Å². The molecule has 1 aromatic heterocycles. The van der Waals surface area contributed by atoms with E-state index in [0.29, 0.717) is 4.90 Å². The molecular formula is C14H16ClNO2S2. The number of sulfone groups is 1. The molecular weight excluding hydrogens is 314 g/mol. The lowest BCUT2D eigenvalue weighted by Crippen LogP contribution is -2.18. The molecule has 0 radical (unpaired) electrons. The van der Waals surface area contributed by atoms with Crippen molar-refractivity contribution in [2.24, 2.45) is 0 Å². The van der Waals surface area contributed by atoms with Crippen LogP contribution in [0.4, 0.5) is 0 Å². The topological polar surface area (TPSA) is 46.2 Å². The van der Waals surface area contributed by atoms with E-state index in [2.05, 4.69) is 5.32 Å². The molecule has 0 aliphatic carbocycles. The van der Waals surface area contributed by atoms with E-state index in [0.717, 1.165) is 16.3 Å². The van der Waals surface area contributed by atoms with Crippen molar-refractivity contribution in [3.05, 3.63) is 51.2 Å². The number of thiophene rings is 1. The van der Waals surface area contributed by atoms with Gasteiger partial charge in [0.25, 0.3) is 0 Å². The van der Waals surface area contributed by atoms with Crippen molar-refractivity contribution in [2.45, 2.75) is 17.4 Å². The number of halogens is 1. The van der Waals surface area contributed by atoms with Gasteiger partial charge >= 0.3 is 0 Å². The van der Waals surface area contributed by atoms with Crippen LogP contribution in [-0.4, -0.2) is 21.7 Å². The Kier molecular flexibility index (Phi) is 4.86. The minimum Gasteiger partial charge on any atom is -0.313 e. The first-order valence-electron chi connectivity index (χ1n) is 6.11. The number of hydrogen-bond acceptors (Lipinski definition) is 4. The molecule has 0 amide bonds. The fourth-order valence-electron chi connectivity index (χ4n) is 2.01. The maximum Gasteiger partial charge on any atom is 0.175 e. The van der Waals surface area contributed by atoms with E-state index in [1.54, 1.807) is 29.5 Å². The first-order valence-corrected chi connectivity index (χ1v) is 9.20. The van der Waals surface area contributed by atoms with Crippen LogP contribution < -0.4 is 5.32 Å². The molecule has 108 valence electrons. The van der Waals surface area contributed by atoms with E-state index in [4.69, 9.17) is 11.6 Å². The molecule has 20 heavy (non-hydrogen) atoms. The van der Waals surface area contributed by atoms with Crippen LogP contribution in [0.2, 0.25) is 4.34 Å². The Labute approximate surface area is 128 Å². The molecule has 1 atom stereocenters. The van der Waals surface area contributed by atoms with E-state index < -0.39 is 9.84 Å². The largest absolute Gasteiger partial charge is 0.313 e. The lowest BCUT2D eigenvalue weighted by atomic mass is 10.0.